The van der Waals surface area contributed by atoms with Crippen LogP contribution in [0.5, 0.6) is 5.75 Å². The van der Waals surface area contributed by atoms with Crippen LogP contribution in [0.1, 0.15) is 18.4 Å². The number of nitrogens with one attached hydrogen (secondary N) is 2. The van der Waals surface area contributed by atoms with Crippen molar-refractivity contribution >= 4 is 23.2 Å². The largest absolute Gasteiger partial charge is 0.484 e. The molecule has 1 saturated carbocycles. The zero-order valence-electron chi connectivity index (χ0n) is 13.5. The number of hydrogen-bond acceptors (Lipinski definition) is 3. The SMILES string of the molecule is Cc1ccc(NC(=O)COc2ccccc2)c(NC(=O)C2CC2)c1. The van der Waals surface area contributed by atoms with Gasteiger partial charge in [-0.25, -0.2) is 0 Å². The highest BCUT2D eigenvalue weighted by molar-refractivity contribution is 6.01. The summed E-state index contributed by atoms with van der Waals surface area (Å²) in [6.07, 6.45) is 1.87. The third-order valence-corrected chi connectivity index (χ3v) is 3.77. The van der Waals surface area contributed by atoms with Crippen LogP contribution < -0.4 is 15.4 Å². The number of ether oxygens (including phenoxy) is 1. The van der Waals surface area contributed by atoms with Crippen molar-refractivity contribution in [2.75, 3.05) is 17.2 Å². The average molecular weight is 324 g/mol. The Balaban J connectivity index is 1.62. The van der Waals surface area contributed by atoms with Gasteiger partial charge < -0.3 is 15.4 Å². The van der Waals surface area contributed by atoms with E-state index >= 15 is 0 Å². The van der Waals surface area contributed by atoms with Gasteiger partial charge in [0.25, 0.3) is 5.91 Å². The highest BCUT2D eigenvalue weighted by Crippen LogP contribution is 2.32. The number of anilines is 2. The van der Waals surface area contributed by atoms with Crippen LogP contribution in [0.4, 0.5) is 11.4 Å². The van der Waals surface area contributed by atoms with Crippen molar-refractivity contribution in [1.29, 1.82) is 0 Å². The fourth-order valence-electron chi connectivity index (χ4n) is 2.30. The first kappa shape index (κ1) is 16.1. The fourth-order valence-corrected chi connectivity index (χ4v) is 2.30. The van der Waals surface area contributed by atoms with E-state index in [2.05, 4.69) is 10.6 Å². The maximum Gasteiger partial charge on any atom is 0.262 e. The normalized spacial score (nSPS) is 13.2. The first-order valence-electron chi connectivity index (χ1n) is 8.01. The van der Waals surface area contributed by atoms with Crippen molar-refractivity contribution in [2.24, 2.45) is 5.92 Å². The molecule has 0 spiro atoms. The van der Waals surface area contributed by atoms with Gasteiger partial charge in [0.05, 0.1) is 11.4 Å². The molecule has 2 amide bonds. The Morgan fingerprint density at radius 2 is 1.79 bits per heavy atom. The minimum absolute atomic E-state index is 0.0108. The highest BCUT2D eigenvalue weighted by atomic mass is 16.5. The van der Waals surface area contributed by atoms with Crippen molar-refractivity contribution in [3.05, 3.63) is 54.1 Å². The summed E-state index contributed by atoms with van der Waals surface area (Å²) in [6, 6.07) is 14.7. The van der Waals surface area contributed by atoms with Gasteiger partial charge in [0, 0.05) is 5.92 Å². The quantitative estimate of drug-likeness (QED) is 0.856. The molecule has 0 bridgehead atoms. The zero-order chi connectivity index (χ0) is 16.9. The maximum atomic E-state index is 12.1. The van der Waals surface area contributed by atoms with Crippen LogP contribution in [0.25, 0.3) is 0 Å². The number of carbonyl (C=O) groups excluding carboxylic acids is 2. The van der Waals surface area contributed by atoms with Crippen molar-refractivity contribution in [3.63, 3.8) is 0 Å². The van der Waals surface area contributed by atoms with Gasteiger partial charge in [-0.3, -0.25) is 9.59 Å². The predicted molar refractivity (Wildman–Crippen MR) is 93.1 cm³/mol. The molecule has 1 fully saturated rings. The molecule has 0 saturated heterocycles. The molecule has 1 aliphatic carbocycles. The molecule has 0 heterocycles. The molecule has 5 heteroatoms. The molecule has 2 N–H and O–H groups in total. The van der Waals surface area contributed by atoms with Crippen molar-refractivity contribution in [2.45, 2.75) is 19.8 Å². The van der Waals surface area contributed by atoms with E-state index in [4.69, 9.17) is 4.74 Å². The minimum Gasteiger partial charge on any atom is -0.484 e. The van der Waals surface area contributed by atoms with Crippen LogP contribution in [0, 0.1) is 12.8 Å². The lowest BCUT2D eigenvalue weighted by molar-refractivity contribution is -0.118. The standard InChI is InChI=1S/C19H20N2O3/c1-13-7-10-16(17(11-13)21-19(23)14-8-9-14)20-18(22)12-24-15-5-3-2-4-6-15/h2-7,10-11,14H,8-9,12H2,1H3,(H,20,22)(H,21,23). The Hall–Kier alpha value is -2.82. The third-order valence-electron chi connectivity index (χ3n) is 3.77. The van der Waals surface area contributed by atoms with Gasteiger partial charge in [-0.1, -0.05) is 24.3 Å². The first-order chi connectivity index (χ1) is 11.6. The Bertz CT molecular complexity index is 740. The lowest BCUT2D eigenvalue weighted by Crippen LogP contribution is -2.22. The second-order valence-electron chi connectivity index (χ2n) is 5.96. The molecule has 2 aromatic rings. The average Bonchev–Trinajstić information content (AvgIpc) is 3.41. The van der Waals surface area contributed by atoms with Crippen molar-refractivity contribution in [3.8, 4) is 5.75 Å². The van der Waals surface area contributed by atoms with E-state index in [-0.39, 0.29) is 24.3 Å². The van der Waals surface area contributed by atoms with Gasteiger partial charge in [-0.2, -0.15) is 0 Å². The number of amides is 2. The number of para-hydroxylation sites is 1. The summed E-state index contributed by atoms with van der Waals surface area (Å²) in [5.74, 6) is 0.482. The van der Waals surface area contributed by atoms with Gasteiger partial charge in [0.2, 0.25) is 5.91 Å². The number of benzene rings is 2. The summed E-state index contributed by atoms with van der Waals surface area (Å²) in [5.41, 5.74) is 2.22. The second-order valence-corrected chi connectivity index (χ2v) is 5.96. The molecule has 1 aliphatic rings. The van der Waals surface area contributed by atoms with E-state index in [0.717, 1.165) is 18.4 Å². The van der Waals surface area contributed by atoms with E-state index in [1.807, 2.05) is 37.3 Å². The van der Waals surface area contributed by atoms with Crippen LogP contribution in [0.2, 0.25) is 0 Å². The van der Waals surface area contributed by atoms with Crippen LogP contribution in [0.15, 0.2) is 48.5 Å². The molecule has 5 nitrogen and oxygen atoms in total. The van der Waals surface area contributed by atoms with E-state index in [1.165, 1.54) is 0 Å². The Kier molecular flexibility index (Phi) is 4.79. The van der Waals surface area contributed by atoms with E-state index in [1.54, 1.807) is 18.2 Å². The van der Waals surface area contributed by atoms with E-state index in [9.17, 15) is 9.59 Å². The lowest BCUT2D eigenvalue weighted by Gasteiger charge is -2.13. The molecule has 0 aliphatic heterocycles. The van der Waals surface area contributed by atoms with Gasteiger partial charge in [0.1, 0.15) is 5.75 Å². The van der Waals surface area contributed by atoms with Gasteiger partial charge >= 0.3 is 0 Å². The van der Waals surface area contributed by atoms with Gasteiger partial charge in [0.15, 0.2) is 6.61 Å². The molecule has 24 heavy (non-hydrogen) atoms. The minimum atomic E-state index is -0.273. The van der Waals surface area contributed by atoms with Gasteiger partial charge in [-0.05, 0) is 49.6 Å². The molecule has 3 rings (SSSR count). The van der Waals surface area contributed by atoms with E-state index < -0.39 is 0 Å². The summed E-state index contributed by atoms with van der Waals surface area (Å²) < 4.78 is 5.43. The smallest absolute Gasteiger partial charge is 0.262 e. The van der Waals surface area contributed by atoms with Crippen LogP contribution in [-0.4, -0.2) is 18.4 Å². The Morgan fingerprint density at radius 3 is 2.50 bits per heavy atom. The zero-order valence-corrected chi connectivity index (χ0v) is 13.5. The maximum absolute atomic E-state index is 12.1. The molecule has 0 aromatic heterocycles. The van der Waals surface area contributed by atoms with Crippen molar-refractivity contribution < 1.29 is 14.3 Å². The van der Waals surface area contributed by atoms with Gasteiger partial charge in [-0.15, -0.1) is 0 Å². The summed E-state index contributed by atoms with van der Waals surface area (Å²) >= 11 is 0. The molecule has 0 atom stereocenters. The molecule has 2 aromatic carbocycles. The van der Waals surface area contributed by atoms with Crippen LogP contribution in [0.3, 0.4) is 0 Å². The topological polar surface area (TPSA) is 67.4 Å². The number of carbonyl (C=O) groups is 2. The predicted octanol–water partition coefficient (Wildman–Crippen LogP) is 3.36. The number of hydrogen-bond donors (Lipinski definition) is 2. The summed E-state index contributed by atoms with van der Waals surface area (Å²) in [5, 5.41) is 5.69. The number of rotatable bonds is 6. The summed E-state index contributed by atoms with van der Waals surface area (Å²) in [6.45, 7) is 1.85. The Morgan fingerprint density at radius 1 is 1.04 bits per heavy atom. The summed E-state index contributed by atoms with van der Waals surface area (Å²) in [7, 11) is 0. The third kappa shape index (κ3) is 4.35. The van der Waals surface area contributed by atoms with Crippen LogP contribution >= 0.6 is 0 Å². The lowest BCUT2D eigenvalue weighted by atomic mass is 10.2. The molecular formula is C19H20N2O3. The number of aryl methyl sites for hydroxylation is 1. The van der Waals surface area contributed by atoms with E-state index in [0.29, 0.717) is 17.1 Å². The van der Waals surface area contributed by atoms with Crippen LogP contribution in [-0.2, 0) is 9.59 Å². The summed E-state index contributed by atoms with van der Waals surface area (Å²) in [4.78, 5) is 24.1. The molecule has 0 unspecified atom stereocenters. The molecule has 124 valence electrons. The van der Waals surface area contributed by atoms with Crippen molar-refractivity contribution in [1.82, 2.24) is 0 Å². The molecule has 0 radical (unpaired) electrons. The highest BCUT2D eigenvalue weighted by Gasteiger charge is 2.30. The second kappa shape index (κ2) is 7.17. The first-order valence-corrected chi connectivity index (χ1v) is 8.01. The monoisotopic (exact) mass is 324 g/mol. The Labute approximate surface area is 141 Å². The fraction of sp³-hybridized carbons (Fsp3) is 0.263. The molecular weight excluding hydrogens is 304 g/mol.